The van der Waals surface area contributed by atoms with Gasteiger partial charge in [0.05, 0.1) is 17.2 Å². The summed E-state index contributed by atoms with van der Waals surface area (Å²) in [5.74, 6) is 0. The molecule has 0 bridgehead atoms. The van der Waals surface area contributed by atoms with Gasteiger partial charge >= 0.3 is 6.03 Å². The van der Waals surface area contributed by atoms with Crippen molar-refractivity contribution in [1.82, 2.24) is 14.8 Å². The number of pyridine rings is 1. The Hall–Kier alpha value is -3.38. The van der Waals surface area contributed by atoms with E-state index < -0.39 is 11.1 Å². The van der Waals surface area contributed by atoms with E-state index in [1.165, 1.54) is 0 Å². The highest BCUT2D eigenvalue weighted by molar-refractivity contribution is 5.76. The lowest BCUT2D eigenvalue weighted by molar-refractivity contribution is 0.0357. The van der Waals surface area contributed by atoms with Crippen LogP contribution in [0.2, 0.25) is 0 Å². The van der Waals surface area contributed by atoms with Gasteiger partial charge in [-0.3, -0.25) is 4.79 Å². The molecule has 0 aliphatic carbocycles. The minimum atomic E-state index is -0.932. The standard InChI is InChI=1S/C29H35N3O3/c1-21(22-11-13-23(14-12-22)24-15-18-31(4)26(33)19-24)32-17-8-16-29(30-27(32)34,20-28(2,3)35)25-9-6-5-7-10-25/h5-7,9-15,18-19,21,35H,8,16-17,20H2,1-4H3,(H,30,34)/t21-,29?/m0/s1. The molecule has 6 heteroatoms. The van der Waals surface area contributed by atoms with Crippen molar-refractivity contribution < 1.29 is 9.90 Å². The maximum Gasteiger partial charge on any atom is 0.318 e. The van der Waals surface area contributed by atoms with Crippen molar-refractivity contribution in [2.24, 2.45) is 7.05 Å². The molecule has 2 N–H and O–H groups in total. The molecule has 0 radical (unpaired) electrons. The molecule has 1 saturated heterocycles. The fourth-order valence-electron chi connectivity index (χ4n) is 5.17. The highest BCUT2D eigenvalue weighted by Gasteiger charge is 2.41. The fraction of sp³-hybridized carbons (Fsp3) is 0.379. The van der Waals surface area contributed by atoms with Gasteiger partial charge in [-0.2, -0.15) is 0 Å². The fourth-order valence-corrected chi connectivity index (χ4v) is 5.17. The first-order chi connectivity index (χ1) is 16.6. The summed E-state index contributed by atoms with van der Waals surface area (Å²) in [7, 11) is 1.73. The molecule has 0 spiro atoms. The van der Waals surface area contributed by atoms with Crippen molar-refractivity contribution in [3.8, 4) is 11.1 Å². The third kappa shape index (κ3) is 5.49. The van der Waals surface area contributed by atoms with E-state index >= 15 is 0 Å². The number of carbonyl (C=O) groups is 1. The first-order valence-corrected chi connectivity index (χ1v) is 12.2. The summed E-state index contributed by atoms with van der Waals surface area (Å²) in [5, 5.41) is 14.0. The molecule has 4 rings (SSSR count). The molecule has 2 atom stereocenters. The van der Waals surface area contributed by atoms with Crippen molar-refractivity contribution >= 4 is 6.03 Å². The van der Waals surface area contributed by atoms with Crippen LogP contribution in [-0.4, -0.2) is 32.8 Å². The van der Waals surface area contributed by atoms with Crippen LogP contribution < -0.4 is 10.9 Å². The van der Waals surface area contributed by atoms with E-state index in [-0.39, 0.29) is 17.6 Å². The summed E-state index contributed by atoms with van der Waals surface area (Å²) in [6.07, 6.45) is 3.77. The quantitative estimate of drug-likeness (QED) is 0.531. The Morgan fingerprint density at radius 3 is 2.34 bits per heavy atom. The van der Waals surface area contributed by atoms with E-state index in [0.717, 1.165) is 35.1 Å². The van der Waals surface area contributed by atoms with Crippen LogP contribution in [0.4, 0.5) is 4.79 Å². The minimum absolute atomic E-state index is 0.0471. The molecule has 2 aromatic carbocycles. The summed E-state index contributed by atoms with van der Waals surface area (Å²) in [6, 6.07) is 21.3. The topological polar surface area (TPSA) is 74.6 Å². The monoisotopic (exact) mass is 473 g/mol. The maximum atomic E-state index is 13.6. The van der Waals surface area contributed by atoms with E-state index in [4.69, 9.17) is 0 Å². The first kappa shape index (κ1) is 24.7. The number of nitrogens with one attached hydrogen (secondary N) is 1. The van der Waals surface area contributed by atoms with E-state index in [1.54, 1.807) is 37.7 Å². The number of urea groups is 1. The van der Waals surface area contributed by atoms with Crippen LogP contribution in [0, 0.1) is 0 Å². The Balaban J connectivity index is 1.57. The number of aromatic nitrogens is 1. The van der Waals surface area contributed by atoms with Crippen LogP contribution in [0.15, 0.2) is 77.7 Å². The third-order valence-corrected chi connectivity index (χ3v) is 6.97. The van der Waals surface area contributed by atoms with Gasteiger partial charge in [-0.15, -0.1) is 0 Å². The van der Waals surface area contributed by atoms with Gasteiger partial charge in [0.15, 0.2) is 0 Å². The van der Waals surface area contributed by atoms with Gasteiger partial charge in [-0.05, 0) is 61.9 Å². The molecule has 2 heterocycles. The zero-order chi connectivity index (χ0) is 25.2. The van der Waals surface area contributed by atoms with Gasteiger partial charge in [0.2, 0.25) is 0 Å². The molecule has 3 aromatic rings. The summed E-state index contributed by atoms with van der Waals surface area (Å²) >= 11 is 0. The van der Waals surface area contributed by atoms with Gasteiger partial charge < -0.3 is 19.9 Å². The Morgan fingerprint density at radius 1 is 1.03 bits per heavy atom. The first-order valence-electron chi connectivity index (χ1n) is 12.2. The van der Waals surface area contributed by atoms with Crippen molar-refractivity contribution in [3.05, 3.63) is 94.4 Å². The van der Waals surface area contributed by atoms with Crippen molar-refractivity contribution in [2.45, 2.75) is 57.2 Å². The maximum absolute atomic E-state index is 13.6. The number of rotatable bonds is 6. The number of benzene rings is 2. The number of hydrogen-bond acceptors (Lipinski definition) is 3. The summed E-state index contributed by atoms with van der Waals surface area (Å²) in [4.78, 5) is 27.4. The van der Waals surface area contributed by atoms with Crippen LogP contribution in [-0.2, 0) is 12.6 Å². The molecule has 184 valence electrons. The zero-order valence-electron chi connectivity index (χ0n) is 21.0. The van der Waals surface area contributed by atoms with E-state index in [9.17, 15) is 14.7 Å². The van der Waals surface area contributed by atoms with Gasteiger partial charge in [-0.1, -0.05) is 54.6 Å². The lowest BCUT2D eigenvalue weighted by Gasteiger charge is -2.39. The Labute approximate surface area is 207 Å². The molecule has 1 aliphatic rings. The Kier molecular flexibility index (Phi) is 6.86. The van der Waals surface area contributed by atoms with Crippen molar-refractivity contribution in [1.29, 1.82) is 0 Å². The van der Waals surface area contributed by atoms with Gasteiger partial charge in [0.1, 0.15) is 0 Å². The number of aliphatic hydroxyl groups is 1. The Bertz CT molecular complexity index is 1230. The number of amides is 2. The second kappa shape index (κ2) is 9.70. The van der Waals surface area contributed by atoms with Crippen LogP contribution in [0.3, 0.4) is 0 Å². The highest BCUT2D eigenvalue weighted by atomic mass is 16.3. The van der Waals surface area contributed by atoms with Gasteiger partial charge in [-0.25, -0.2) is 4.79 Å². The second-order valence-corrected chi connectivity index (χ2v) is 10.3. The van der Waals surface area contributed by atoms with Crippen LogP contribution in [0.5, 0.6) is 0 Å². The summed E-state index contributed by atoms with van der Waals surface area (Å²) in [6.45, 7) is 6.25. The van der Waals surface area contributed by atoms with Crippen LogP contribution in [0.25, 0.3) is 11.1 Å². The largest absolute Gasteiger partial charge is 0.390 e. The van der Waals surface area contributed by atoms with Crippen LogP contribution in [0.1, 0.15) is 57.2 Å². The molecule has 6 nitrogen and oxygen atoms in total. The molecule has 35 heavy (non-hydrogen) atoms. The van der Waals surface area contributed by atoms with Gasteiger partial charge in [0.25, 0.3) is 5.56 Å². The lowest BCUT2D eigenvalue weighted by atomic mass is 9.77. The normalized spacial score (nSPS) is 19.7. The van der Waals surface area contributed by atoms with Crippen molar-refractivity contribution in [2.75, 3.05) is 6.54 Å². The minimum Gasteiger partial charge on any atom is -0.390 e. The molecular weight excluding hydrogens is 438 g/mol. The average molecular weight is 474 g/mol. The predicted molar refractivity (Wildman–Crippen MR) is 139 cm³/mol. The predicted octanol–water partition coefficient (Wildman–Crippen LogP) is 4.98. The zero-order valence-corrected chi connectivity index (χ0v) is 21.0. The lowest BCUT2D eigenvalue weighted by Crippen LogP contribution is -2.52. The summed E-state index contributed by atoms with van der Waals surface area (Å²) in [5.41, 5.74) is 2.28. The highest BCUT2D eigenvalue weighted by Crippen LogP contribution is 2.38. The Morgan fingerprint density at radius 2 is 1.71 bits per heavy atom. The molecule has 1 fully saturated rings. The third-order valence-electron chi connectivity index (χ3n) is 6.97. The molecule has 2 amide bonds. The number of nitrogens with zero attached hydrogens (tertiary/aromatic N) is 2. The molecule has 1 aliphatic heterocycles. The van der Waals surface area contributed by atoms with E-state index in [1.807, 2.05) is 72.5 Å². The summed E-state index contributed by atoms with van der Waals surface area (Å²) < 4.78 is 1.55. The number of aryl methyl sites for hydroxylation is 1. The molecular formula is C29H35N3O3. The molecule has 1 aromatic heterocycles. The molecule has 1 unspecified atom stereocenters. The smallest absolute Gasteiger partial charge is 0.318 e. The average Bonchev–Trinajstić information content (AvgIpc) is 2.99. The van der Waals surface area contributed by atoms with Gasteiger partial charge in [0, 0.05) is 32.3 Å². The SMILES string of the molecule is C[C@@H](c1ccc(-c2ccn(C)c(=O)c2)cc1)N1CCCC(CC(C)(C)O)(c2ccccc2)NC1=O. The molecule has 0 saturated carbocycles. The second-order valence-electron chi connectivity index (χ2n) is 10.3. The number of hydrogen-bond donors (Lipinski definition) is 2. The number of carbonyl (C=O) groups excluding carboxylic acids is 1. The van der Waals surface area contributed by atoms with Crippen molar-refractivity contribution in [3.63, 3.8) is 0 Å². The van der Waals surface area contributed by atoms with E-state index in [0.29, 0.717) is 13.0 Å². The van der Waals surface area contributed by atoms with E-state index in [2.05, 4.69) is 5.32 Å². The van der Waals surface area contributed by atoms with Crippen LogP contribution >= 0.6 is 0 Å².